The fourth-order valence-corrected chi connectivity index (χ4v) is 3.31. The molecule has 0 aromatic heterocycles. The first-order valence-corrected chi connectivity index (χ1v) is 7.96. The van der Waals surface area contributed by atoms with Gasteiger partial charge in [0.05, 0.1) is 24.8 Å². The molecule has 8 heteroatoms. The summed E-state index contributed by atoms with van der Waals surface area (Å²) < 4.78 is 31.5. The van der Waals surface area contributed by atoms with Gasteiger partial charge in [-0.25, -0.2) is 13.1 Å². The van der Waals surface area contributed by atoms with Crippen LogP contribution in [0.1, 0.15) is 0 Å². The molecule has 0 aliphatic carbocycles. The minimum absolute atomic E-state index is 0.0311. The van der Waals surface area contributed by atoms with Gasteiger partial charge in [-0.2, -0.15) is 0 Å². The van der Waals surface area contributed by atoms with E-state index in [1.807, 2.05) is 0 Å². The van der Waals surface area contributed by atoms with Crippen LogP contribution in [0.4, 0.5) is 0 Å². The molecule has 0 atom stereocenters. The fourth-order valence-electron chi connectivity index (χ4n) is 1.82. The number of carbonyl (C=O) groups excluding carboxylic acids is 1. The molecular weight excluding hydrogens is 304 g/mol. The highest BCUT2D eigenvalue weighted by molar-refractivity contribution is 7.89. The fraction of sp³-hybridized carbons (Fsp3) is 0.417. The van der Waals surface area contributed by atoms with Gasteiger partial charge >= 0.3 is 0 Å². The van der Waals surface area contributed by atoms with E-state index < -0.39 is 10.0 Å². The summed E-state index contributed by atoms with van der Waals surface area (Å²) in [6, 6.07) is 6.09. The Kier molecular flexibility index (Phi) is 4.98. The number of amides is 1. The molecule has 1 N–H and O–H groups in total. The largest absolute Gasteiger partial charge is 0.378 e. The van der Waals surface area contributed by atoms with Gasteiger partial charge in [-0.05, 0) is 12.1 Å². The predicted octanol–water partition coefficient (Wildman–Crippen LogP) is 0.477. The molecule has 1 saturated heterocycles. The van der Waals surface area contributed by atoms with Crippen LogP contribution >= 0.6 is 11.6 Å². The number of morpholine rings is 1. The quantitative estimate of drug-likeness (QED) is 0.876. The third-order valence-electron chi connectivity index (χ3n) is 2.90. The van der Waals surface area contributed by atoms with Gasteiger partial charge in [0.15, 0.2) is 0 Å². The molecule has 1 amide bonds. The second-order valence-electron chi connectivity index (χ2n) is 4.25. The minimum Gasteiger partial charge on any atom is -0.378 e. The van der Waals surface area contributed by atoms with Crippen molar-refractivity contribution in [2.45, 2.75) is 4.90 Å². The Hall–Kier alpha value is -1.15. The lowest BCUT2D eigenvalue weighted by Gasteiger charge is -2.26. The van der Waals surface area contributed by atoms with Crippen LogP contribution in [-0.2, 0) is 19.6 Å². The maximum Gasteiger partial charge on any atom is 0.242 e. The predicted molar refractivity (Wildman–Crippen MR) is 74.0 cm³/mol. The number of sulfonamides is 1. The first-order valence-electron chi connectivity index (χ1n) is 6.10. The summed E-state index contributed by atoms with van der Waals surface area (Å²) in [4.78, 5) is 13.4. The second-order valence-corrected chi connectivity index (χ2v) is 6.39. The van der Waals surface area contributed by atoms with E-state index in [1.165, 1.54) is 12.1 Å². The maximum absolute atomic E-state index is 12.0. The molecule has 0 saturated carbocycles. The standard InChI is InChI=1S/C12H15ClN2O4S/c13-10-3-1-2-4-11(10)20(17,18)14-9-12(16)15-5-7-19-8-6-15/h1-4,14H,5-9H2. The number of rotatable bonds is 4. The summed E-state index contributed by atoms with van der Waals surface area (Å²) in [5.74, 6) is -0.274. The summed E-state index contributed by atoms with van der Waals surface area (Å²) in [5.41, 5.74) is 0. The normalized spacial score (nSPS) is 16.1. The molecule has 20 heavy (non-hydrogen) atoms. The molecule has 6 nitrogen and oxygen atoms in total. The van der Waals surface area contributed by atoms with E-state index in [2.05, 4.69) is 4.72 Å². The summed E-state index contributed by atoms with van der Waals surface area (Å²) in [6.07, 6.45) is 0. The summed E-state index contributed by atoms with van der Waals surface area (Å²) >= 11 is 5.84. The average Bonchev–Trinajstić information content (AvgIpc) is 2.46. The molecule has 1 aromatic carbocycles. The Balaban J connectivity index is 1.99. The first kappa shape index (κ1) is 15.2. The van der Waals surface area contributed by atoms with E-state index in [1.54, 1.807) is 17.0 Å². The number of hydrogen-bond donors (Lipinski definition) is 1. The highest BCUT2D eigenvalue weighted by atomic mass is 35.5. The Bertz CT molecular complexity index is 585. The van der Waals surface area contributed by atoms with Crippen LogP contribution < -0.4 is 4.72 Å². The Morgan fingerprint density at radius 1 is 1.30 bits per heavy atom. The molecule has 0 radical (unpaired) electrons. The van der Waals surface area contributed by atoms with Gasteiger partial charge < -0.3 is 9.64 Å². The molecule has 110 valence electrons. The van der Waals surface area contributed by atoms with Crippen LogP contribution in [0.15, 0.2) is 29.2 Å². The lowest BCUT2D eigenvalue weighted by molar-refractivity contribution is -0.133. The number of nitrogens with one attached hydrogen (secondary N) is 1. The highest BCUT2D eigenvalue weighted by Gasteiger charge is 2.21. The number of carbonyl (C=O) groups is 1. The molecule has 1 aliphatic heterocycles. The van der Waals surface area contributed by atoms with Crippen LogP contribution in [-0.4, -0.2) is 52.1 Å². The van der Waals surface area contributed by atoms with Crippen LogP contribution in [0.25, 0.3) is 0 Å². The van der Waals surface area contributed by atoms with Gasteiger partial charge in [0.2, 0.25) is 15.9 Å². The Morgan fingerprint density at radius 2 is 1.95 bits per heavy atom. The molecule has 0 bridgehead atoms. The third-order valence-corrected chi connectivity index (χ3v) is 4.80. The van der Waals surface area contributed by atoms with Crippen LogP contribution in [0, 0.1) is 0 Å². The number of benzene rings is 1. The smallest absolute Gasteiger partial charge is 0.242 e. The SMILES string of the molecule is O=C(CNS(=O)(=O)c1ccccc1Cl)N1CCOCC1. The first-order chi connectivity index (χ1) is 9.50. The Labute approximate surface area is 122 Å². The Morgan fingerprint density at radius 3 is 2.60 bits per heavy atom. The van der Waals surface area contributed by atoms with Crippen molar-refractivity contribution < 1.29 is 17.9 Å². The van der Waals surface area contributed by atoms with Gasteiger partial charge in [0.1, 0.15) is 4.90 Å². The van der Waals surface area contributed by atoms with Crippen LogP contribution in [0.2, 0.25) is 5.02 Å². The number of ether oxygens (including phenoxy) is 1. The van der Waals surface area contributed by atoms with Crippen molar-refractivity contribution in [3.8, 4) is 0 Å². The molecule has 2 rings (SSSR count). The zero-order chi connectivity index (χ0) is 14.6. The van der Waals surface area contributed by atoms with Gasteiger partial charge in [-0.15, -0.1) is 0 Å². The number of halogens is 1. The zero-order valence-corrected chi connectivity index (χ0v) is 12.3. The highest BCUT2D eigenvalue weighted by Crippen LogP contribution is 2.19. The molecule has 0 unspecified atom stereocenters. The second kappa shape index (κ2) is 6.53. The van der Waals surface area contributed by atoms with E-state index in [0.717, 1.165) is 0 Å². The van der Waals surface area contributed by atoms with Crippen molar-refractivity contribution in [1.29, 1.82) is 0 Å². The maximum atomic E-state index is 12.0. The minimum atomic E-state index is -3.79. The van der Waals surface area contributed by atoms with Gasteiger partial charge in [-0.3, -0.25) is 4.79 Å². The zero-order valence-electron chi connectivity index (χ0n) is 10.7. The molecule has 0 spiro atoms. The molecular formula is C12H15ClN2O4S. The van der Waals surface area contributed by atoms with E-state index in [4.69, 9.17) is 16.3 Å². The monoisotopic (exact) mass is 318 g/mol. The van der Waals surface area contributed by atoms with E-state index in [9.17, 15) is 13.2 Å². The molecule has 1 fully saturated rings. The van der Waals surface area contributed by atoms with Crippen molar-refractivity contribution in [1.82, 2.24) is 9.62 Å². The van der Waals surface area contributed by atoms with Crippen molar-refractivity contribution in [3.05, 3.63) is 29.3 Å². The van der Waals surface area contributed by atoms with Crippen molar-refractivity contribution in [2.24, 2.45) is 0 Å². The van der Waals surface area contributed by atoms with Gasteiger partial charge in [0.25, 0.3) is 0 Å². The van der Waals surface area contributed by atoms with Crippen molar-refractivity contribution in [3.63, 3.8) is 0 Å². The summed E-state index contributed by atoms with van der Waals surface area (Å²) in [5, 5.41) is 0.124. The average molecular weight is 319 g/mol. The topological polar surface area (TPSA) is 75.7 Å². The van der Waals surface area contributed by atoms with E-state index in [-0.39, 0.29) is 22.4 Å². The van der Waals surface area contributed by atoms with E-state index in [0.29, 0.717) is 26.3 Å². The van der Waals surface area contributed by atoms with E-state index >= 15 is 0 Å². The third kappa shape index (κ3) is 3.69. The lowest BCUT2D eigenvalue weighted by atomic mass is 10.4. The van der Waals surface area contributed by atoms with Gasteiger partial charge in [-0.1, -0.05) is 23.7 Å². The summed E-state index contributed by atoms with van der Waals surface area (Å²) in [7, 11) is -3.79. The lowest BCUT2D eigenvalue weighted by Crippen LogP contribution is -2.45. The van der Waals surface area contributed by atoms with Crippen molar-refractivity contribution >= 4 is 27.5 Å². The molecule has 1 aromatic rings. The van der Waals surface area contributed by atoms with Crippen LogP contribution in [0.3, 0.4) is 0 Å². The number of hydrogen-bond acceptors (Lipinski definition) is 4. The van der Waals surface area contributed by atoms with Crippen LogP contribution in [0.5, 0.6) is 0 Å². The summed E-state index contributed by atoms with van der Waals surface area (Å²) in [6.45, 7) is 1.62. The van der Waals surface area contributed by atoms with Crippen molar-refractivity contribution in [2.75, 3.05) is 32.8 Å². The molecule has 1 aliphatic rings. The van der Waals surface area contributed by atoms with Gasteiger partial charge in [0, 0.05) is 13.1 Å². The number of nitrogens with zero attached hydrogens (tertiary/aromatic N) is 1. The molecule has 1 heterocycles.